The van der Waals surface area contributed by atoms with Crippen LogP contribution in [-0.4, -0.2) is 62.7 Å². The van der Waals surface area contributed by atoms with Gasteiger partial charge in [-0.1, -0.05) is 31.2 Å². The van der Waals surface area contributed by atoms with E-state index in [4.69, 9.17) is 0 Å². The van der Waals surface area contributed by atoms with Gasteiger partial charge in [0.2, 0.25) is 11.8 Å². The molecular formula is C23H30F2N4O4S. The van der Waals surface area contributed by atoms with Crippen LogP contribution in [0, 0.1) is 11.6 Å². The summed E-state index contributed by atoms with van der Waals surface area (Å²) in [4.78, 5) is 27.5. The van der Waals surface area contributed by atoms with Crippen molar-refractivity contribution in [1.82, 2.24) is 14.5 Å². The van der Waals surface area contributed by atoms with Crippen LogP contribution in [0.3, 0.4) is 0 Å². The van der Waals surface area contributed by atoms with Gasteiger partial charge in [0.05, 0.1) is 5.69 Å². The number of nitrogens with zero attached hydrogens (tertiary/aromatic N) is 3. The summed E-state index contributed by atoms with van der Waals surface area (Å²) in [7, 11) is -1.71. The molecule has 8 nitrogen and oxygen atoms in total. The summed E-state index contributed by atoms with van der Waals surface area (Å²) >= 11 is 0. The number of carbonyl (C=O) groups is 2. The molecule has 0 saturated carbocycles. The highest BCUT2D eigenvalue weighted by Gasteiger charge is 2.34. The fourth-order valence-corrected chi connectivity index (χ4v) is 4.42. The van der Waals surface area contributed by atoms with Crippen LogP contribution < -0.4 is 9.62 Å². The van der Waals surface area contributed by atoms with Crippen LogP contribution in [0.1, 0.15) is 25.8 Å². The van der Waals surface area contributed by atoms with Crippen molar-refractivity contribution in [1.29, 1.82) is 0 Å². The SMILES string of the molecule is CCNC(=O)[C@H](CC)N(Cc1ccc(F)cc1)C(=O)CN(c1ccccc1F)S(=O)(=O)N(C)C. The Bertz CT molecular complexity index is 1090. The molecule has 2 aromatic rings. The van der Waals surface area contributed by atoms with Crippen LogP contribution in [0.15, 0.2) is 48.5 Å². The summed E-state index contributed by atoms with van der Waals surface area (Å²) in [5.41, 5.74) is 0.253. The van der Waals surface area contributed by atoms with Crippen LogP contribution in [-0.2, 0) is 26.3 Å². The maximum atomic E-state index is 14.6. The Kier molecular flexibility index (Phi) is 9.51. The molecule has 0 saturated heterocycles. The van der Waals surface area contributed by atoms with Crippen molar-refractivity contribution >= 4 is 27.7 Å². The number of likely N-dealkylation sites (N-methyl/N-ethyl adjacent to an activating group) is 1. The molecule has 0 aliphatic heterocycles. The van der Waals surface area contributed by atoms with E-state index < -0.39 is 46.2 Å². The second-order valence-corrected chi connectivity index (χ2v) is 9.78. The van der Waals surface area contributed by atoms with E-state index in [0.29, 0.717) is 16.4 Å². The number of para-hydroxylation sites is 1. The minimum absolute atomic E-state index is 0.0676. The highest BCUT2D eigenvalue weighted by Crippen LogP contribution is 2.24. The molecule has 0 fully saturated rings. The fraction of sp³-hybridized carbons (Fsp3) is 0.391. The van der Waals surface area contributed by atoms with Crippen molar-refractivity contribution in [2.24, 2.45) is 0 Å². The quantitative estimate of drug-likeness (QED) is 0.518. The van der Waals surface area contributed by atoms with Crippen molar-refractivity contribution in [3.8, 4) is 0 Å². The van der Waals surface area contributed by atoms with E-state index in [-0.39, 0.29) is 18.7 Å². The molecule has 0 aliphatic carbocycles. The molecule has 0 radical (unpaired) electrons. The topological polar surface area (TPSA) is 90.0 Å². The van der Waals surface area contributed by atoms with Gasteiger partial charge in [0.1, 0.15) is 24.2 Å². The Morgan fingerprint density at radius 1 is 1.00 bits per heavy atom. The Hall–Kier alpha value is -3.05. The molecule has 0 spiro atoms. The Morgan fingerprint density at radius 2 is 1.62 bits per heavy atom. The van der Waals surface area contributed by atoms with E-state index in [9.17, 15) is 26.8 Å². The summed E-state index contributed by atoms with van der Waals surface area (Å²) in [6, 6.07) is 9.72. The normalized spacial score (nSPS) is 12.3. The molecule has 0 bridgehead atoms. The maximum absolute atomic E-state index is 14.6. The van der Waals surface area contributed by atoms with Gasteiger partial charge in [-0.05, 0) is 43.2 Å². The summed E-state index contributed by atoms with van der Waals surface area (Å²) in [5, 5.41) is 2.68. The van der Waals surface area contributed by atoms with Gasteiger partial charge in [0.25, 0.3) is 0 Å². The predicted molar refractivity (Wildman–Crippen MR) is 126 cm³/mol. The summed E-state index contributed by atoms with van der Waals surface area (Å²) in [5.74, 6) is -2.40. The Morgan fingerprint density at radius 3 is 2.15 bits per heavy atom. The minimum Gasteiger partial charge on any atom is -0.355 e. The van der Waals surface area contributed by atoms with Gasteiger partial charge in [0, 0.05) is 27.2 Å². The van der Waals surface area contributed by atoms with Crippen molar-refractivity contribution < 1.29 is 26.8 Å². The largest absolute Gasteiger partial charge is 0.355 e. The van der Waals surface area contributed by atoms with Gasteiger partial charge < -0.3 is 10.2 Å². The van der Waals surface area contributed by atoms with E-state index in [1.54, 1.807) is 13.8 Å². The van der Waals surface area contributed by atoms with Gasteiger partial charge in [0.15, 0.2) is 0 Å². The third kappa shape index (κ3) is 6.51. The van der Waals surface area contributed by atoms with Gasteiger partial charge in [-0.25, -0.2) is 13.1 Å². The maximum Gasteiger partial charge on any atom is 0.304 e. The van der Waals surface area contributed by atoms with E-state index >= 15 is 0 Å². The molecule has 0 unspecified atom stereocenters. The van der Waals surface area contributed by atoms with Gasteiger partial charge in [-0.15, -0.1) is 0 Å². The summed E-state index contributed by atoms with van der Waals surface area (Å²) < 4.78 is 55.5. The zero-order chi connectivity index (χ0) is 25.5. The van der Waals surface area contributed by atoms with E-state index in [2.05, 4.69) is 5.32 Å². The molecule has 2 amide bonds. The highest BCUT2D eigenvalue weighted by atomic mass is 32.2. The molecule has 11 heteroatoms. The molecule has 0 aliphatic rings. The predicted octanol–water partition coefficient (Wildman–Crippen LogP) is 2.52. The molecular weight excluding hydrogens is 466 g/mol. The number of nitrogens with one attached hydrogen (secondary N) is 1. The van der Waals surface area contributed by atoms with Gasteiger partial charge in [-0.2, -0.15) is 12.7 Å². The van der Waals surface area contributed by atoms with Crippen LogP contribution in [0.4, 0.5) is 14.5 Å². The zero-order valence-electron chi connectivity index (χ0n) is 19.7. The molecule has 1 atom stereocenters. The van der Waals surface area contributed by atoms with Gasteiger partial charge in [-0.3, -0.25) is 9.59 Å². The number of rotatable bonds is 11. The number of amides is 2. The molecule has 1 N–H and O–H groups in total. The lowest BCUT2D eigenvalue weighted by Gasteiger charge is -2.33. The van der Waals surface area contributed by atoms with E-state index in [1.807, 2.05) is 0 Å². The lowest BCUT2D eigenvalue weighted by Crippen LogP contribution is -2.53. The lowest BCUT2D eigenvalue weighted by atomic mass is 10.1. The number of halogens is 2. The van der Waals surface area contributed by atoms with Crippen LogP contribution in [0.5, 0.6) is 0 Å². The molecule has 186 valence electrons. The smallest absolute Gasteiger partial charge is 0.304 e. The molecule has 0 heterocycles. The van der Waals surface area contributed by atoms with Crippen LogP contribution >= 0.6 is 0 Å². The molecule has 2 aromatic carbocycles. The number of hydrogen-bond donors (Lipinski definition) is 1. The Balaban J connectivity index is 2.50. The van der Waals surface area contributed by atoms with Crippen LogP contribution in [0.25, 0.3) is 0 Å². The van der Waals surface area contributed by atoms with Crippen molar-refractivity contribution in [2.45, 2.75) is 32.9 Å². The first-order chi connectivity index (χ1) is 16.0. The van der Waals surface area contributed by atoms with E-state index in [1.165, 1.54) is 61.5 Å². The van der Waals surface area contributed by atoms with Crippen LogP contribution in [0.2, 0.25) is 0 Å². The first-order valence-corrected chi connectivity index (χ1v) is 12.2. The average Bonchev–Trinajstić information content (AvgIpc) is 2.79. The first kappa shape index (κ1) is 27.2. The summed E-state index contributed by atoms with van der Waals surface area (Å²) in [6.07, 6.45) is 0.249. The standard InChI is InChI=1S/C23H30F2N4O4S/c1-5-20(23(31)26-6-2)28(15-17-11-13-18(24)14-12-17)22(30)16-29(34(32,33)27(3)4)21-10-8-7-9-19(21)25/h7-14,20H,5-6,15-16H2,1-4H3,(H,26,31)/t20-/m0/s1. The highest BCUT2D eigenvalue weighted by molar-refractivity contribution is 7.90. The fourth-order valence-electron chi connectivity index (χ4n) is 3.35. The number of carbonyl (C=O) groups excluding carboxylic acids is 2. The minimum atomic E-state index is -4.26. The first-order valence-electron chi connectivity index (χ1n) is 10.8. The van der Waals surface area contributed by atoms with Crippen molar-refractivity contribution in [3.05, 3.63) is 65.7 Å². The third-order valence-electron chi connectivity index (χ3n) is 5.14. The Labute approximate surface area is 199 Å². The second-order valence-electron chi connectivity index (χ2n) is 7.71. The number of benzene rings is 2. The molecule has 34 heavy (non-hydrogen) atoms. The van der Waals surface area contributed by atoms with Gasteiger partial charge >= 0.3 is 10.2 Å². The molecule has 0 aromatic heterocycles. The summed E-state index contributed by atoms with van der Waals surface area (Å²) in [6.45, 7) is 2.99. The zero-order valence-corrected chi connectivity index (χ0v) is 20.5. The molecule has 2 rings (SSSR count). The third-order valence-corrected chi connectivity index (χ3v) is 6.95. The second kappa shape index (κ2) is 11.9. The average molecular weight is 497 g/mol. The van der Waals surface area contributed by atoms with Crippen molar-refractivity contribution in [3.63, 3.8) is 0 Å². The van der Waals surface area contributed by atoms with E-state index in [0.717, 1.165) is 10.4 Å². The number of hydrogen-bond acceptors (Lipinski definition) is 4. The number of anilines is 1. The lowest BCUT2D eigenvalue weighted by molar-refractivity contribution is -0.140. The monoisotopic (exact) mass is 496 g/mol. The van der Waals surface area contributed by atoms with Crippen molar-refractivity contribution in [2.75, 3.05) is 31.5 Å².